The number of carboxylic acids is 1. The molecule has 17 heavy (non-hydrogen) atoms. The minimum absolute atomic E-state index is 0.0516. The van der Waals surface area contributed by atoms with Crippen LogP contribution in [-0.4, -0.2) is 58.4 Å². The van der Waals surface area contributed by atoms with E-state index in [0.29, 0.717) is 26.1 Å². The Balaban J connectivity index is 1.86. The maximum Gasteiger partial charge on any atom is 0.303 e. The maximum atomic E-state index is 11.7. The van der Waals surface area contributed by atoms with Crippen molar-refractivity contribution in [2.24, 2.45) is 0 Å². The summed E-state index contributed by atoms with van der Waals surface area (Å²) in [6.07, 6.45) is 1.31. The van der Waals surface area contributed by atoms with Crippen LogP contribution in [0.1, 0.15) is 25.7 Å². The molecule has 1 unspecified atom stereocenters. The molecule has 0 aliphatic carbocycles. The Kier molecular flexibility index (Phi) is 3.31. The van der Waals surface area contributed by atoms with Gasteiger partial charge in [-0.25, -0.2) is 0 Å². The van der Waals surface area contributed by atoms with Gasteiger partial charge in [0.15, 0.2) is 0 Å². The van der Waals surface area contributed by atoms with E-state index in [2.05, 4.69) is 0 Å². The molecular formula is C11H16N2O4. The molecule has 0 aromatic carbocycles. The summed E-state index contributed by atoms with van der Waals surface area (Å²) < 4.78 is 0. The number of carbonyl (C=O) groups excluding carboxylic acids is 2. The smallest absolute Gasteiger partial charge is 0.303 e. The molecule has 2 amide bonds. The standard InChI is InChI=1S/C11H16N2O4/c14-9(3-4-11(16)17)12-5-6-13-8(7-12)1-2-10(13)15/h8H,1-7H2,(H,16,17). The highest BCUT2D eigenvalue weighted by molar-refractivity contribution is 5.82. The molecule has 2 rings (SSSR count). The third-order valence-corrected chi connectivity index (χ3v) is 3.40. The van der Waals surface area contributed by atoms with Crippen LogP contribution in [0.5, 0.6) is 0 Å². The number of nitrogens with zero attached hydrogens (tertiary/aromatic N) is 2. The summed E-state index contributed by atoms with van der Waals surface area (Å²) in [6.45, 7) is 1.67. The van der Waals surface area contributed by atoms with Gasteiger partial charge in [-0.1, -0.05) is 0 Å². The van der Waals surface area contributed by atoms with Crippen molar-refractivity contribution in [2.45, 2.75) is 31.7 Å². The van der Waals surface area contributed by atoms with E-state index in [4.69, 9.17) is 5.11 Å². The Labute approximate surface area is 99.2 Å². The lowest BCUT2D eigenvalue weighted by Crippen LogP contribution is -2.53. The molecule has 0 aromatic rings. The second-order valence-corrected chi connectivity index (χ2v) is 4.51. The van der Waals surface area contributed by atoms with Gasteiger partial charge in [-0.3, -0.25) is 14.4 Å². The number of aliphatic carboxylic acids is 1. The normalized spacial score (nSPS) is 23.8. The van der Waals surface area contributed by atoms with E-state index in [9.17, 15) is 14.4 Å². The zero-order valence-electron chi connectivity index (χ0n) is 9.59. The van der Waals surface area contributed by atoms with Crippen molar-refractivity contribution in [1.29, 1.82) is 0 Å². The average molecular weight is 240 g/mol. The van der Waals surface area contributed by atoms with E-state index < -0.39 is 5.97 Å². The Morgan fingerprint density at radius 3 is 2.76 bits per heavy atom. The SMILES string of the molecule is O=C(O)CCC(=O)N1CCN2C(=O)CCC2C1. The van der Waals surface area contributed by atoms with Gasteiger partial charge in [-0.2, -0.15) is 0 Å². The number of rotatable bonds is 3. The number of fused-ring (bicyclic) bond motifs is 1. The molecule has 2 aliphatic rings. The molecule has 2 aliphatic heterocycles. The first-order valence-corrected chi connectivity index (χ1v) is 5.87. The van der Waals surface area contributed by atoms with Crippen LogP contribution in [0, 0.1) is 0 Å². The van der Waals surface area contributed by atoms with Gasteiger partial charge in [0.1, 0.15) is 0 Å². The van der Waals surface area contributed by atoms with Crippen molar-refractivity contribution < 1.29 is 19.5 Å². The van der Waals surface area contributed by atoms with Crippen LogP contribution < -0.4 is 0 Å². The largest absolute Gasteiger partial charge is 0.481 e. The van der Waals surface area contributed by atoms with Crippen LogP contribution in [0.2, 0.25) is 0 Å². The van der Waals surface area contributed by atoms with Crippen LogP contribution in [0.15, 0.2) is 0 Å². The minimum atomic E-state index is -0.951. The summed E-state index contributed by atoms with van der Waals surface area (Å²) in [7, 11) is 0. The van der Waals surface area contributed by atoms with Gasteiger partial charge in [0.25, 0.3) is 0 Å². The lowest BCUT2D eigenvalue weighted by Gasteiger charge is -2.37. The van der Waals surface area contributed by atoms with E-state index >= 15 is 0 Å². The third-order valence-electron chi connectivity index (χ3n) is 3.40. The van der Waals surface area contributed by atoms with E-state index in [1.807, 2.05) is 4.90 Å². The molecular weight excluding hydrogens is 224 g/mol. The molecule has 2 heterocycles. The lowest BCUT2D eigenvalue weighted by atomic mass is 10.1. The first-order chi connectivity index (χ1) is 8.08. The second-order valence-electron chi connectivity index (χ2n) is 4.51. The van der Waals surface area contributed by atoms with Crippen molar-refractivity contribution in [3.63, 3.8) is 0 Å². The Bertz CT molecular complexity index is 355. The Morgan fingerprint density at radius 1 is 1.29 bits per heavy atom. The fraction of sp³-hybridized carbons (Fsp3) is 0.727. The highest BCUT2D eigenvalue weighted by atomic mass is 16.4. The highest BCUT2D eigenvalue weighted by Crippen LogP contribution is 2.23. The fourth-order valence-electron chi connectivity index (χ4n) is 2.46. The Hall–Kier alpha value is -1.59. The lowest BCUT2D eigenvalue weighted by molar-refractivity contribution is -0.142. The number of hydrogen-bond donors (Lipinski definition) is 1. The minimum Gasteiger partial charge on any atom is -0.481 e. The number of amides is 2. The number of carbonyl (C=O) groups is 3. The molecule has 6 heteroatoms. The summed E-state index contributed by atoms with van der Waals surface area (Å²) in [6, 6.07) is 0.144. The van der Waals surface area contributed by atoms with Crippen molar-refractivity contribution >= 4 is 17.8 Å². The first kappa shape index (κ1) is 11.9. The summed E-state index contributed by atoms with van der Waals surface area (Å²) >= 11 is 0. The van der Waals surface area contributed by atoms with Crippen LogP contribution in [-0.2, 0) is 14.4 Å². The van der Waals surface area contributed by atoms with Gasteiger partial charge >= 0.3 is 5.97 Å². The molecule has 1 atom stereocenters. The predicted octanol–water partition coefficient (Wildman–Crippen LogP) is -0.316. The van der Waals surface area contributed by atoms with Gasteiger partial charge in [0, 0.05) is 38.5 Å². The summed E-state index contributed by atoms with van der Waals surface area (Å²) in [5.41, 5.74) is 0. The molecule has 0 bridgehead atoms. The average Bonchev–Trinajstić information content (AvgIpc) is 2.67. The zero-order chi connectivity index (χ0) is 12.4. The Morgan fingerprint density at radius 2 is 2.06 bits per heavy atom. The summed E-state index contributed by atoms with van der Waals surface area (Å²) in [4.78, 5) is 37.1. The van der Waals surface area contributed by atoms with Gasteiger partial charge < -0.3 is 14.9 Å². The van der Waals surface area contributed by atoms with Crippen molar-refractivity contribution in [3.8, 4) is 0 Å². The maximum absolute atomic E-state index is 11.7. The van der Waals surface area contributed by atoms with Crippen LogP contribution in [0.3, 0.4) is 0 Å². The molecule has 94 valence electrons. The van der Waals surface area contributed by atoms with Gasteiger partial charge in [-0.05, 0) is 6.42 Å². The summed E-state index contributed by atoms with van der Waals surface area (Å²) in [5, 5.41) is 8.52. The van der Waals surface area contributed by atoms with E-state index in [0.717, 1.165) is 6.42 Å². The monoisotopic (exact) mass is 240 g/mol. The van der Waals surface area contributed by atoms with Crippen molar-refractivity contribution in [3.05, 3.63) is 0 Å². The molecule has 0 radical (unpaired) electrons. The molecule has 1 N–H and O–H groups in total. The predicted molar refractivity (Wildman–Crippen MR) is 58.2 cm³/mol. The topological polar surface area (TPSA) is 77.9 Å². The molecule has 2 fully saturated rings. The van der Waals surface area contributed by atoms with E-state index in [1.54, 1.807) is 4.90 Å². The fourth-order valence-corrected chi connectivity index (χ4v) is 2.46. The zero-order valence-corrected chi connectivity index (χ0v) is 9.59. The number of hydrogen-bond acceptors (Lipinski definition) is 3. The molecule has 0 spiro atoms. The highest BCUT2D eigenvalue weighted by Gasteiger charge is 2.36. The van der Waals surface area contributed by atoms with Crippen molar-refractivity contribution in [1.82, 2.24) is 9.80 Å². The molecule has 0 saturated carbocycles. The molecule has 6 nitrogen and oxygen atoms in total. The summed E-state index contributed by atoms with van der Waals surface area (Å²) in [5.74, 6) is -0.896. The number of piperazine rings is 1. The quantitative estimate of drug-likeness (QED) is 0.733. The first-order valence-electron chi connectivity index (χ1n) is 5.87. The van der Waals surface area contributed by atoms with Crippen LogP contribution in [0.25, 0.3) is 0 Å². The molecule has 2 saturated heterocycles. The third kappa shape index (κ3) is 2.57. The van der Waals surface area contributed by atoms with Gasteiger partial charge in [0.2, 0.25) is 11.8 Å². The molecule has 0 aromatic heterocycles. The van der Waals surface area contributed by atoms with Gasteiger partial charge in [-0.15, -0.1) is 0 Å². The van der Waals surface area contributed by atoms with E-state index in [1.165, 1.54) is 0 Å². The number of carboxylic acid groups (broad SMARTS) is 1. The van der Waals surface area contributed by atoms with E-state index in [-0.39, 0.29) is 30.7 Å². The van der Waals surface area contributed by atoms with Crippen LogP contribution in [0.4, 0.5) is 0 Å². The van der Waals surface area contributed by atoms with Crippen molar-refractivity contribution in [2.75, 3.05) is 19.6 Å². The second kappa shape index (κ2) is 4.73. The van der Waals surface area contributed by atoms with Crippen LogP contribution >= 0.6 is 0 Å². The van der Waals surface area contributed by atoms with Gasteiger partial charge in [0.05, 0.1) is 6.42 Å².